The summed E-state index contributed by atoms with van der Waals surface area (Å²) < 4.78 is 44.2. The van der Waals surface area contributed by atoms with Gasteiger partial charge in [-0.15, -0.1) is 10.2 Å². The van der Waals surface area contributed by atoms with Crippen molar-refractivity contribution in [2.24, 2.45) is 4.99 Å². The molecule has 0 saturated heterocycles. The predicted molar refractivity (Wildman–Crippen MR) is 101 cm³/mol. The van der Waals surface area contributed by atoms with E-state index < -0.39 is 17.6 Å². The van der Waals surface area contributed by atoms with Crippen LogP contribution < -0.4 is 4.18 Å². The molecule has 0 spiro atoms. The molecule has 5 nitrogen and oxygen atoms in total. The molecule has 144 valence electrons. The van der Waals surface area contributed by atoms with Crippen molar-refractivity contribution in [3.63, 3.8) is 0 Å². The highest BCUT2D eigenvalue weighted by Crippen LogP contribution is 2.35. The van der Waals surface area contributed by atoms with Crippen molar-refractivity contribution in [1.82, 2.24) is 14.8 Å². The van der Waals surface area contributed by atoms with Gasteiger partial charge in [-0.1, -0.05) is 23.7 Å². The summed E-state index contributed by atoms with van der Waals surface area (Å²) in [5, 5.41) is 8.80. The van der Waals surface area contributed by atoms with Crippen LogP contribution in [0.4, 0.5) is 13.2 Å². The van der Waals surface area contributed by atoms with Gasteiger partial charge in [0.25, 0.3) is 0 Å². The van der Waals surface area contributed by atoms with E-state index in [0.717, 1.165) is 5.56 Å². The topological polar surface area (TPSA) is 52.3 Å². The lowest BCUT2D eigenvalue weighted by Gasteiger charge is -2.14. The molecule has 0 N–H and O–H groups in total. The van der Waals surface area contributed by atoms with E-state index in [2.05, 4.69) is 15.2 Å². The third-order valence-corrected chi connectivity index (χ3v) is 4.80. The lowest BCUT2D eigenvalue weighted by molar-refractivity contribution is -0.0369. The third kappa shape index (κ3) is 3.72. The van der Waals surface area contributed by atoms with E-state index in [0.29, 0.717) is 33.6 Å². The van der Waals surface area contributed by atoms with Gasteiger partial charge < -0.3 is 4.18 Å². The first-order valence-corrected chi connectivity index (χ1v) is 9.22. The van der Waals surface area contributed by atoms with Gasteiger partial charge in [0.2, 0.25) is 0 Å². The van der Waals surface area contributed by atoms with Crippen LogP contribution in [0.15, 0.2) is 47.5 Å². The van der Waals surface area contributed by atoms with Gasteiger partial charge >= 0.3 is 5.51 Å². The Hall–Kier alpha value is -2.52. The van der Waals surface area contributed by atoms with E-state index in [-0.39, 0.29) is 12.3 Å². The zero-order valence-electron chi connectivity index (χ0n) is 14.4. The van der Waals surface area contributed by atoms with Crippen LogP contribution >= 0.6 is 23.6 Å². The molecule has 3 aromatic rings. The van der Waals surface area contributed by atoms with Crippen LogP contribution in [0.2, 0.25) is 5.02 Å². The van der Waals surface area contributed by atoms with Gasteiger partial charge in [-0.2, -0.15) is 13.2 Å². The first-order chi connectivity index (χ1) is 13.3. The first kappa shape index (κ1) is 18.8. The third-order valence-electron chi connectivity index (χ3n) is 4.08. The molecule has 2 aromatic carbocycles. The Morgan fingerprint density at radius 2 is 1.86 bits per heavy atom. The SMILES string of the molecule is Cc1nnc2n1-c1ccc(OSC(F)(F)F)cc1C(c1ccc(Cl)cc1)=NC2. The van der Waals surface area contributed by atoms with Gasteiger partial charge in [0.1, 0.15) is 18.1 Å². The lowest BCUT2D eigenvalue weighted by Crippen LogP contribution is -2.09. The summed E-state index contributed by atoms with van der Waals surface area (Å²) >= 11 is 5.42. The molecule has 0 radical (unpaired) electrons. The fourth-order valence-electron chi connectivity index (χ4n) is 2.96. The van der Waals surface area contributed by atoms with E-state index in [1.165, 1.54) is 12.1 Å². The molecule has 1 aromatic heterocycles. The van der Waals surface area contributed by atoms with Gasteiger partial charge in [0.15, 0.2) is 17.9 Å². The van der Waals surface area contributed by atoms with Crippen molar-refractivity contribution in [3.05, 3.63) is 70.3 Å². The number of halogens is 4. The summed E-state index contributed by atoms with van der Waals surface area (Å²) in [6.07, 6.45) is 0. The second kappa shape index (κ2) is 7.14. The van der Waals surface area contributed by atoms with Gasteiger partial charge in [-0.25, -0.2) is 0 Å². The molecule has 0 unspecified atom stereocenters. The second-order valence-corrected chi connectivity index (χ2v) is 7.19. The van der Waals surface area contributed by atoms with Crippen LogP contribution in [0.1, 0.15) is 22.8 Å². The highest BCUT2D eigenvalue weighted by Gasteiger charge is 2.32. The molecule has 0 atom stereocenters. The number of hydrogen-bond donors (Lipinski definition) is 0. The largest absolute Gasteiger partial charge is 0.479 e. The number of benzene rings is 2. The fraction of sp³-hybridized carbons (Fsp3) is 0.167. The van der Waals surface area contributed by atoms with Crippen molar-refractivity contribution in [2.45, 2.75) is 19.0 Å². The molecule has 0 fully saturated rings. The number of alkyl halides is 3. The summed E-state index contributed by atoms with van der Waals surface area (Å²) in [7, 11) is 0. The molecule has 1 aliphatic rings. The minimum Gasteiger partial charge on any atom is -0.417 e. The van der Waals surface area contributed by atoms with Crippen LogP contribution in [-0.2, 0) is 6.54 Å². The highest BCUT2D eigenvalue weighted by molar-refractivity contribution is 7.95. The number of aryl methyl sites for hydroxylation is 1. The molecule has 0 bridgehead atoms. The van der Waals surface area contributed by atoms with Crippen LogP contribution in [0.5, 0.6) is 5.75 Å². The maximum atomic E-state index is 12.5. The second-order valence-electron chi connectivity index (χ2n) is 5.96. The molecule has 0 aliphatic carbocycles. The van der Waals surface area contributed by atoms with Crippen LogP contribution in [0, 0.1) is 6.92 Å². The molecule has 10 heteroatoms. The number of fused-ring (bicyclic) bond motifs is 3. The number of nitrogens with zero attached hydrogens (tertiary/aromatic N) is 4. The summed E-state index contributed by atoms with van der Waals surface area (Å²) in [5.74, 6) is 1.36. The Labute approximate surface area is 167 Å². The average Bonchev–Trinajstić information content (AvgIpc) is 2.93. The lowest BCUT2D eigenvalue weighted by atomic mass is 10.00. The Kier molecular flexibility index (Phi) is 4.80. The molecule has 4 rings (SSSR count). The quantitative estimate of drug-likeness (QED) is 0.547. The maximum Gasteiger partial charge on any atom is 0.479 e. The summed E-state index contributed by atoms with van der Waals surface area (Å²) in [6.45, 7) is 2.08. The molecule has 0 saturated carbocycles. The Bertz CT molecular complexity index is 1060. The van der Waals surface area contributed by atoms with Crippen molar-refractivity contribution in [2.75, 3.05) is 0 Å². The number of rotatable bonds is 3. The number of hydrogen-bond acceptors (Lipinski definition) is 5. The first-order valence-electron chi connectivity index (χ1n) is 8.10. The normalized spacial score (nSPS) is 13.4. The van der Waals surface area contributed by atoms with Crippen LogP contribution in [-0.4, -0.2) is 26.0 Å². The van der Waals surface area contributed by atoms with Crippen LogP contribution in [0.3, 0.4) is 0 Å². The van der Waals surface area contributed by atoms with E-state index in [1.807, 2.05) is 16.7 Å². The molecule has 0 amide bonds. The van der Waals surface area contributed by atoms with Gasteiger partial charge in [-0.3, -0.25) is 9.56 Å². The number of aromatic nitrogens is 3. The molecule has 2 heterocycles. The van der Waals surface area contributed by atoms with Crippen LogP contribution in [0.25, 0.3) is 5.69 Å². The zero-order chi connectivity index (χ0) is 19.9. The van der Waals surface area contributed by atoms with Gasteiger partial charge in [-0.05, 0) is 37.3 Å². The minimum absolute atomic E-state index is 0.0666. The Morgan fingerprint density at radius 1 is 1.11 bits per heavy atom. The molecular weight excluding hydrogens is 413 g/mol. The van der Waals surface area contributed by atoms with Gasteiger partial charge in [0.05, 0.1) is 11.4 Å². The van der Waals surface area contributed by atoms with Gasteiger partial charge in [0, 0.05) is 16.1 Å². The van der Waals surface area contributed by atoms with Crippen molar-refractivity contribution < 1.29 is 17.4 Å². The molecule has 1 aliphatic heterocycles. The predicted octanol–water partition coefficient (Wildman–Crippen LogP) is 5.13. The highest BCUT2D eigenvalue weighted by atomic mass is 35.5. The monoisotopic (exact) mass is 424 g/mol. The minimum atomic E-state index is -4.50. The van der Waals surface area contributed by atoms with Crippen molar-refractivity contribution >= 4 is 29.4 Å². The summed E-state index contributed by atoms with van der Waals surface area (Å²) in [5.41, 5.74) is -1.78. The van der Waals surface area contributed by atoms with E-state index in [1.54, 1.807) is 25.1 Å². The zero-order valence-corrected chi connectivity index (χ0v) is 15.9. The standard InChI is InChI=1S/C18H12ClF3N4OS/c1-10-24-25-16-9-23-17(11-2-4-12(19)5-3-11)14-8-13(27-28-18(20,21)22)6-7-15(14)26(10)16/h2-8H,9H2,1H3. The van der Waals surface area contributed by atoms with Crippen molar-refractivity contribution in [3.8, 4) is 11.4 Å². The maximum absolute atomic E-state index is 12.5. The smallest absolute Gasteiger partial charge is 0.417 e. The molecular formula is C18H12ClF3N4OS. The molecule has 28 heavy (non-hydrogen) atoms. The van der Waals surface area contributed by atoms with E-state index in [9.17, 15) is 13.2 Å². The average molecular weight is 425 g/mol. The Balaban J connectivity index is 1.84. The van der Waals surface area contributed by atoms with E-state index in [4.69, 9.17) is 15.8 Å². The van der Waals surface area contributed by atoms with E-state index >= 15 is 0 Å². The van der Waals surface area contributed by atoms with Crippen molar-refractivity contribution in [1.29, 1.82) is 0 Å². The Morgan fingerprint density at radius 3 is 2.57 bits per heavy atom. The summed E-state index contributed by atoms with van der Waals surface area (Å²) in [6, 6.07) is 11.8. The number of aliphatic imine (C=N–C) groups is 1. The summed E-state index contributed by atoms with van der Waals surface area (Å²) in [4.78, 5) is 4.63. The fourth-order valence-corrected chi connectivity index (χ4v) is 3.38.